The Balaban J connectivity index is 1.78. The molecule has 1 heterocycles. The highest BCUT2D eigenvalue weighted by atomic mass is 16.6. The molecule has 31 heavy (non-hydrogen) atoms. The van der Waals surface area contributed by atoms with Gasteiger partial charge in [-0.3, -0.25) is 19.3 Å². The first-order chi connectivity index (χ1) is 14.8. The molecule has 0 spiro atoms. The molecule has 3 amide bonds. The topological polar surface area (TPSA) is 139 Å². The van der Waals surface area contributed by atoms with Crippen molar-refractivity contribution in [3.05, 3.63) is 71.3 Å². The summed E-state index contributed by atoms with van der Waals surface area (Å²) in [4.78, 5) is 49.6. The van der Waals surface area contributed by atoms with Crippen LogP contribution in [0, 0.1) is 0 Å². The van der Waals surface area contributed by atoms with Crippen LogP contribution in [0.4, 0.5) is 4.79 Å². The highest BCUT2D eigenvalue weighted by Crippen LogP contribution is 2.24. The van der Waals surface area contributed by atoms with Crippen LogP contribution in [0.2, 0.25) is 0 Å². The second kappa shape index (κ2) is 9.75. The molecule has 0 saturated heterocycles. The van der Waals surface area contributed by atoms with Gasteiger partial charge in [-0.2, -0.15) is 0 Å². The van der Waals surface area contributed by atoms with Gasteiger partial charge in [0, 0.05) is 6.42 Å². The number of nitrogens with one attached hydrogen (secondary N) is 1. The van der Waals surface area contributed by atoms with Crippen LogP contribution in [0.15, 0.2) is 54.6 Å². The van der Waals surface area contributed by atoms with Gasteiger partial charge < -0.3 is 20.9 Å². The van der Waals surface area contributed by atoms with Crippen LogP contribution in [0.5, 0.6) is 0 Å². The summed E-state index contributed by atoms with van der Waals surface area (Å²) in [5.41, 5.74) is 7.77. The molecule has 4 N–H and O–H groups in total. The van der Waals surface area contributed by atoms with Crippen molar-refractivity contribution >= 4 is 23.9 Å². The summed E-state index contributed by atoms with van der Waals surface area (Å²) in [5, 5.41) is 11.3. The summed E-state index contributed by atoms with van der Waals surface area (Å²) in [6.07, 6.45) is -1.14. The highest BCUT2D eigenvalue weighted by Gasteiger charge is 2.37. The summed E-state index contributed by atoms with van der Waals surface area (Å²) in [7, 11) is 0. The van der Waals surface area contributed by atoms with Crippen molar-refractivity contribution in [3.8, 4) is 0 Å². The standard InChI is InChI=1S/C22H23N3O6/c23-20(28)17(11-19(26)27)24-21(29)18-10-15-8-4-5-9-16(15)12-25(18)22(30)31-13-14-6-2-1-3-7-14/h1-9,17-18H,10-13H2,(H2,23,28)(H,24,29)(H,26,27)/t17-,18-/m0/s1. The Labute approximate surface area is 178 Å². The lowest BCUT2D eigenvalue weighted by Crippen LogP contribution is -2.56. The van der Waals surface area contributed by atoms with Gasteiger partial charge in [-0.25, -0.2) is 4.79 Å². The minimum Gasteiger partial charge on any atom is -0.481 e. The van der Waals surface area contributed by atoms with Crippen LogP contribution in [0.3, 0.4) is 0 Å². The van der Waals surface area contributed by atoms with Crippen LogP contribution >= 0.6 is 0 Å². The fourth-order valence-corrected chi connectivity index (χ4v) is 3.42. The van der Waals surface area contributed by atoms with Crippen molar-refractivity contribution < 1.29 is 29.0 Å². The molecule has 3 rings (SSSR count). The second-order valence-electron chi connectivity index (χ2n) is 7.22. The Morgan fingerprint density at radius 2 is 1.71 bits per heavy atom. The Bertz CT molecular complexity index is 978. The lowest BCUT2D eigenvalue weighted by Gasteiger charge is -2.35. The van der Waals surface area contributed by atoms with Crippen LogP contribution in [0.25, 0.3) is 0 Å². The number of rotatable bonds is 7. The summed E-state index contributed by atoms with van der Waals surface area (Å²) in [6, 6.07) is 14.1. The number of primary amides is 1. The SMILES string of the molecule is NC(=O)[C@H](CC(=O)O)NC(=O)[C@@H]1Cc2ccccc2CN1C(=O)OCc1ccccc1. The number of carbonyl (C=O) groups is 4. The lowest BCUT2D eigenvalue weighted by atomic mass is 9.93. The number of aliphatic carboxylic acids is 1. The van der Waals surface area contributed by atoms with Crippen LogP contribution in [-0.4, -0.2) is 46.0 Å². The quantitative estimate of drug-likeness (QED) is 0.609. The third-order valence-electron chi connectivity index (χ3n) is 5.03. The zero-order chi connectivity index (χ0) is 22.4. The Morgan fingerprint density at radius 1 is 1.06 bits per heavy atom. The number of ether oxygens (including phenoxy) is 1. The monoisotopic (exact) mass is 425 g/mol. The number of fused-ring (bicyclic) bond motifs is 1. The number of hydrogen-bond acceptors (Lipinski definition) is 5. The zero-order valence-corrected chi connectivity index (χ0v) is 16.7. The van der Waals surface area contributed by atoms with E-state index in [0.717, 1.165) is 16.7 Å². The lowest BCUT2D eigenvalue weighted by molar-refractivity contribution is -0.140. The molecule has 162 valence electrons. The number of hydrogen-bond donors (Lipinski definition) is 3. The zero-order valence-electron chi connectivity index (χ0n) is 16.7. The number of carboxylic acids is 1. The fourth-order valence-electron chi connectivity index (χ4n) is 3.42. The first-order valence-electron chi connectivity index (χ1n) is 9.70. The average Bonchev–Trinajstić information content (AvgIpc) is 2.76. The fraction of sp³-hybridized carbons (Fsp3) is 0.273. The summed E-state index contributed by atoms with van der Waals surface area (Å²) in [5.74, 6) is -2.92. The number of amides is 3. The van der Waals surface area contributed by atoms with E-state index in [9.17, 15) is 19.2 Å². The first-order valence-corrected chi connectivity index (χ1v) is 9.70. The van der Waals surface area contributed by atoms with Gasteiger partial charge in [-0.1, -0.05) is 54.6 Å². The van der Waals surface area contributed by atoms with E-state index in [1.165, 1.54) is 4.90 Å². The maximum absolute atomic E-state index is 12.9. The van der Waals surface area contributed by atoms with Gasteiger partial charge in [0.2, 0.25) is 11.8 Å². The smallest absolute Gasteiger partial charge is 0.411 e. The van der Waals surface area contributed by atoms with Crippen LogP contribution in [-0.2, 0) is 38.7 Å². The molecular formula is C22H23N3O6. The molecule has 0 saturated carbocycles. The number of carboxylic acid groups (broad SMARTS) is 1. The predicted octanol–water partition coefficient (Wildman–Crippen LogP) is 1.19. The van der Waals surface area contributed by atoms with Crippen molar-refractivity contribution in [2.45, 2.75) is 38.1 Å². The van der Waals surface area contributed by atoms with Gasteiger partial charge in [0.15, 0.2) is 0 Å². The Morgan fingerprint density at radius 3 is 2.35 bits per heavy atom. The number of benzene rings is 2. The molecule has 0 aromatic heterocycles. The number of nitrogens with two attached hydrogens (primary N) is 1. The molecule has 9 nitrogen and oxygen atoms in total. The Hall–Kier alpha value is -3.88. The molecular weight excluding hydrogens is 402 g/mol. The minimum absolute atomic E-state index is 0.0368. The molecule has 2 atom stereocenters. The molecule has 0 bridgehead atoms. The van der Waals surface area contributed by atoms with Crippen molar-refractivity contribution in [3.63, 3.8) is 0 Å². The number of nitrogens with zero attached hydrogens (tertiary/aromatic N) is 1. The van der Waals surface area contributed by atoms with Crippen LogP contribution < -0.4 is 11.1 Å². The van der Waals surface area contributed by atoms with E-state index in [1.54, 1.807) is 0 Å². The first kappa shape index (κ1) is 21.8. The predicted molar refractivity (Wildman–Crippen MR) is 109 cm³/mol. The molecule has 2 aromatic rings. The third-order valence-corrected chi connectivity index (χ3v) is 5.03. The van der Waals surface area contributed by atoms with Crippen molar-refractivity contribution in [2.75, 3.05) is 0 Å². The van der Waals surface area contributed by atoms with E-state index in [2.05, 4.69) is 5.32 Å². The van der Waals surface area contributed by atoms with Gasteiger partial charge >= 0.3 is 12.1 Å². The minimum atomic E-state index is -1.38. The van der Waals surface area contributed by atoms with Crippen molar-refractivity contribution in [1.29, 1.82) is 0 Å². The van der Waals surface area contributed by atoms with Gasteiger partial charge in [-0.15, -0.1) is 0 Å². The molecule has 9 heteroatoms. The molecule has 0 radical (unpaired) electrons. The van der Waals surface area contributed by atoms with Crippen molar-refractivity contribution in [2.24, 2.45) is 5.73 Å². The molecule has 1 aliphatic heterocycles. The largest absolute Gasteiger partial charge is 0.481 e. The van der Waals surface area contributed by atoms with E-state index in [4.69, 9.17) is 15.6 Å². The maximum atomic E-state index is 12.9. The van der Waals surface area contributed by atoms with Crippen LogP contribution in [0.1, 0.15) is 23.1 Å². The van der Waals surface area contributed by atoms with Gasteiger partial charge in [0.25, 0.3) is 0 Å². The third kappa shape index (κ3) is 5.59. The molecule has 0 unspecified atom stereocenters. The summed E-state index contributed by atoms with van der Waals surface area (Å²) < 4.78 is 5.40. The van der Waals surface area contributed by atoms with E-state index in [0.29, 0.717) is 0 Å². The maximum Gasteiger partial charge on any atom is 0.411 e. The van der Waals surface area contributed by atoms with Gasteiger partial charge in [0.05, 0.1) is 13.0 Å². The average molecular weight is 425 g/mol. The van der Waals surface area contributed by atoms with Gasteiger partial charge in [-0.05, 0) is 16.7 Å². The second-order valence-corrected chi connectivity index (χ2v) is 7.22. The summed E-state index contributed by atoms with van der Waals surface area (Å²) >= 11 is 0. The molecule has 1 aliphatic rings. The molecule has 0 aliphatic carbocycles. The normalized spacial score (nSPS) is 16.0. The molecule has 2 aromatic carbocycles. The number of carbonyl (C=O) groups excluding carboxylic acids is 3. The van der Waals surface area contributed by atoms with E-state index < -0.39 is 42.4 Å². The van der Waals surface area contributed by atoms with Crippen molar-refractivity contribution in [1.82, 2.24) is 10.2 Å². The van der Waals surface area contributed by atoms with E-state index in [1.807, 2.05) is 54.6 Å². The molecule has 0 fully saturated rings. The summed E-state index contributed by atoms with van der Waals surface area (Å²) in [6.45, 7) is 0.178. The van der Waals surface area contributed by atoms with E-state index in [-0.39, 0.29) is 19.6 Å². The van der Waals surface area contributed by atoms with E-state index >= 15 is 0 Å². The Kier molecular flexibility index (Phi) is 6.86. The highest BCUT2D eigenvalue weighted by molar-refractivity contribution is 5.93. The van der Waals surface area contributed by atoms with Gasteiger partial charge in [0.1, 0.15) is 18.7 Å².